The van der Waals surface area contributed by atoms with E-state index in [0.29, 0.717) is 19.3 Å². The van der Waals surface area contributed by atoms with Crippen molar-refractivity contribution in [1.82, 2.24) is 0 Å². The largest absolute Gasteiger partial charge is 0.460 e. The van der Waals surface area contributed by atoms with E-state index in [9.17, 15) is 35.9 Å². The third kappa shape index (κ3) is 12.6. The van der Waals surface area contributed by atoms with Gasteiger partial charge in [0.05, 0.1) is 5.92 Å². The van der Waals surface area contributed by atoms with Crippen LogP contribution in [0.1, 0.15) is 79.1 Å². The van der Waals surface area contributed by atoms with E-state index >= 15 is 0 Å². The quantitative estimate of drug-likeness (QED) is 0.222. The second-order valence-electron chi connectivity index (χ2n) is 7.90. The van der Waals surface area contributed by atoms with Crippen molar-refractivity contribution in [3.63, 3.8) is 0 Å². The van der Waals surface area contributed by atoms with Crippen LogP contribution in [-0.4, -0.2) is 36.0 Å². The fourth-order valence-corrected chi connectivity index (χ4v) is 2.60. The van der Waals surface area contributed by atoms with Crippen LogP contribution in [0, 0.1) is 5.92 Å². The zero-order valence-corrected chi connectivity index (χ0v) is 17.2. The van der Waals surface area contributed by atoms with Crippen molar-refractivity contribution in [2.24, 2.45) is 5.92 Å². The summed E-state index contributed by atoms with van der Waals surface area (Å²) in [5.74, 6) is -2.81. The molecule has 172 valence electrons. The number of hydrogen-bond donors (Lipinski definition) is 0. The minimum Gasteiger partial charge on any atom is -0.460 e. The Morgan fingerprint density at radius 3 is 1.76 bits per heavy atom. The molecule has 0 radical (unpaired) electrons. The molecule has 0 aromatic heterocycles. The Labute approximate surface area is 167 Å². The van der Waals surface area contributed by atoms with Gasteiger partial charge in [0.15, 0.2) is 0 Å². The lowest BCUT2D eigenvalue weighted by molar-refractivity contribution is -0.314. The Bertz CT molecular complexity index is 494. The first-order valence-electron chi connectivity index (χ1n) is 9.63. The Morgan fingerprint density at radius 1 is 0.828 bits per heavy atom. The lowest BCUT2D eigenvalue weighted by Gasteiger charge is -2.25. The van der Waals surface area contributed by atoms with E-state index in [2.05, 4.69) is 4.74 Å². The summed E-state index contributed by atoms with van der Waals surface area (Å²) in [4.78, 5) is 23.3. The molecule has 0 rings (SSSR count). The zero-order chi connectivity index (χ0) is 22.9. The van der Waals surface area contributed by atoms with Gasteiger partial charge in [-0.2, -0.15) is 26.3 Å². The molecular weight excluding hydrogens is 406 g/mol. The standard InChI is InChI=1S/C19H30F6O4/c1-5-13(15(27)28-16(18(20,21)22)19(23,24)25)11-9-7-6-8-10-12-14(26)29-17(2,3)4/h13,16H,5-12H2,1-4H3. The highest BCUT2D eigenvalue weighted by atomic mass is 19.4. The van der Waals surface area contributed by atoms with E-state index in [0.717, 1.165) is 12.8 Å². The van der Waals surface area contributed by atoms with Crippen molar-refractivity contribution in [3.05, 3.63) is 0 Å². The predicted molar refractivity (Wildman–Crippen MR) is 93.9 cm³/mol. The van der Waals surface area contributed by atoms with Crippen LogP contribution in [-0.2, 0) is 19.1 Å². The molecule has 0 aliphatic carbocycles. The lowest BCUT2D eigenvalue weighted by Crippen LogP contribution is -2.46. The third-order valence-electron chi connectivity index (χ3n) is 4.01. The normalized spacial score (nSPS) is 14.0. The summed E-state index contributed by atoms with van der Waals surface area (Å²) < 4.78 is 83.8. The van der Waals surface area contributed by atoms with Crippen LogP contribution in [0.5, 0.6) is 0 Å². The van der Waals surface area contributed by atoms with Crippen LogP contribution in [0.2, 0.25) is 0 Å². The van der Waals surface area contributed by atoms with Crippen LogP contribution < -0.4 is 0 Å². The van der Waals surface area contributed by atoms with Crippen LogP contribution in [0.15, 0.2) is 0 Å². The summed E-state index contributed by atoms with van der Waals surface area (Å²) in [6.45, 7) is 6.81. The second-order valence-corrected chi connectivity index (χ2v) is 7.90. The molecule has 0 saturated heterocycles. The molecule has 4 nitrogen and oxygen atoms in total. The summed E-state index contributed by atoms with van der Waals surface area (Å²) in [7, 11) is 0. The first-order valence-corrected chi connectivity index (χ1v) is 9.63. The molecular formula is C19H30F6O4. The molecule has 29 heavy (non-hydrogen) atoms. The van der Waals surface area contributed by atoms with Gasteiger partial charge >= 0.3 is 24.3 Å². The Balaban J connectivity index is 4.24. The smallest absolute Gasteiger partial charge is 0.434 e. The van der Waals surface area contributed by atoms with Gasteiger partial charge in [0, 0.05) is 6.42 Å². The number of rotatable bonds is 11. The van der Waals surface area contributed by atoms with Crippen LogP contribution in [0.3, 0.4) is 0 Å². The molecule has 0 aliphatic rings. The molecule has 0 aromatic rings. The first-order chi connectivity index (χ1) is 13.1. The van der Waals surface area contributed by atoms with Crippen LogP contribution in [0.4, 0.5) is 26.3 Å². The van der Waals surface area contributed by atoms with Crippen LogP contribution >= 0.6 is 0 Å². The number of carbonyl (C=O) groups excluding carboxylic acids is 2. The van der Waals surface area contributed by atoms with Crippen molar-refractivity contribution in [3.8, 4) is 0 Å². The van der Waals surface area contributed by atoms with Crippen molar-refractivity contribution < 1.29 is 45.4 Å². The van der Waals surface area contributed by atoms with E-state index in [1.165, 1.54) is 6.92 Å². The number of ether oxygens (including phenoxy) is 2. The van der Waals surface area contributed by atoms with Gasteiger partial charge in [0.1, 0.15) is 5.60 Å². The van der Waals surface area contributed by atoms with Crippen LogP contribution in [0.25, 0.3) is 0 Å². The van der Waals surface area contributed by atoms with Crippen molar-refractivity contribution >= 4 is 11.9 Å². The van der Waals surface area contributed by atoms with Gasteiger partial charge in [-0.3, -0.25) is 9.59 Å². The topological polar surface area (TPSA) is 52.6 Å². The summed E-state index contributed by atoms with van der Waals surface area (Å²) in [5.41, 5.74) is -0.544. The highest BCUT2D eigenvalue weighted by Crippen LogP contribution is 2.36. The van der Waals surface area contributed by atoms with E-state index < -0.39 is 35.9 Å². The van der Waals surface area contributed by atoms with Gasteiger partial charge in [-0.1, -0.05) is 32.6 Å². The SMILES string of the molecule is CCC(CCCCCCCC(=O)OC(C)(C)C)C(=O)OC(C(F)(F)F)C(F)(F)F. The van der Waals surface area contributed by atoms with Crippen molar-refractivity contribution in [1.29, 1.82) is 0 Å². The molecule has 10 heteroatoms. The number of alkyl halides is 6. The number of carbonyl (C=O) groups is 2. The highest BCUT2D eigenvalue weighted by Gasteiger charge is 2.60. The minimum atomic E-state index is -5.71. The monoisotopic (exact) mass is 436 g/mol. The fraction of sp³-hybridized carbons (Fsp3) is 0.895. The van der Waals surface area contributed by atoms with Crippen molar-refractivity contribution in [2.45, 2.75) is 103 Å². The molecule has 0 aliphatic heterocycles. The number of esters is 2. The molecule has 0 fully saturated rings. The van der Waals surface area contributed by atoms with Gasteiger partial charge in [0.25, 0.3) is 6.10 Å². The molecule has 1 atom stereocenters. The first kappa shape index (κ1) is 27.5. The maximum Gasteiger partial charge on any atom is 0.434 e. The van der Waals surface area contributed by atoms with E-state index in [-0.39, 0.29) is 25.2 Å². The summed E-state index contributed by atoms with van der Waals surface area (Å²) in [6.07, 6.45) is -11.9. The Hall–Kier alpha value is -1.48. The molecule has 0 aromatic carbocycles. The molecule has 0 saturated carbocycles. The number of unbranched alkanes of at least 4 members (excludes halogenated alkanes) is 4. The second kappa shape index (κ2) is 11.6. The van der Waals surface area contributed by atoms with Gasteiger partial charge in [-0.25, -0.2) is 0 Å². The Morgan fingerprint density at radius 2 is 1.31 bits per heavy atom. The minimum absolute atomic E-state index is 0.0832. The summed E-state index contributed by atoms with van der Waals surface area (Å²) >= 11 is 0. The van der Waals surface area contributed by atoms with Gasteiger partial charge in [-0.15, -0.1) is 0 Å². The van der Waals surface area contributed by atoms with Gasteiger partial charge in [-0.05, 0) is 40.0 Å². The van der Waals surface area contributed by atoms with E-state index in [4.69, 9.17) is 4.74 Å². The Kier molecular flexibility index (Phi) is 11.0. The number of halogens is 6. The molecule has 0 N–H and O–H groups in total. The van der Waals surface area contributed by atoms with E-state index in [1.807, 2.05) is 0 Å². The van der Waals surface area contributed by atoms with E-state index in [1.54, 1.807) is 20.8 Å². The molecule has 0 bridgehead atoms. The molecule has 0 heterocycles. The molecule has 1 unspecified atom stereocenters. The lowest BCUT2D eigenvalue weighted by atomic mass is 9.98. The average Bonchev–Trinajstić information content (AvgIpc) is 2.51. The number of hydrogen-bond acceptors (Lipinski definition) is 4. The fourth-order valence-electron chi connectivity index (χ4n) is 2.60. The maximum atomic E-state index is 12.5. The maximum absolute atomic E-state index is 12.5. The van der Waals surface area contributed by atoms with Gasteiger partial charge < -0.3 is 9.47 Å². The predicted octanol–water partition coefficient (Wildman–Crippen LogP) is 6.12. The zero-order valence-electron chi connectivity index (χ0n) is 17.2. The molecule has 0 spiro atoms. The van der Waals surface area contributed by atoms with Crippen molar-refractivity contribution in [2.75, 3.05) is 0 Å². The summed E-state index contributed by atoms with van der Waals surface area (Å²) in [5, 5.41) is 0. The third-order valence-corrected chi connectivity index (χ3v) is 4.01. The average molecular weight is 436 g/mol. The molecule has 0 amide bonds. The van der Waals surface area contributed by atoms with Gasteiger partial charge in [0.2, 0.25) is 0 Å². The highest BCUT2D eigenvalue weighted by molar-refractivity contribution is 5.72. The summed E-state index contributed by atoms with van der Waals surface area (Å²) in [6, 6.07) is 0.